The monoisotopic (exact) mass is 401 g/mol. The third kappa shape index (κ3) is 3.92. The van der Waals surface area contributed by atoms with Gasteiger partial charge in [0.2, 0.25) is 0 Å². The van der Waals surface area contributed by atoms with E-state index in [9.17, 15) is 9.59 Å². The Balaban J connectivity index is 1.49. The van der Waals surface area contributed by atoms with Crippen molar-refractivity contribution in [2.75, 3.05) is 11.9 Å². The van der Waals surface area contributed by atoms with Crippen LogP contribution < -0.4 is 10.1 Å². The maximum absolute atomic E-state index is 13.0. The topological polar surface area (TPSA) is 64.6 Å². The summed E-state index contributed by atoms with van der Waals surface area (Å²) in [4.78, 5) is 25.5. The van der Waals surface area contributed by atoms with Crippen molar-refractivity contribution in [2.24, 2.45) is 0 Å². The van der Waals surface area contributed by atoms with Crippen LogP contribution in [0.1, 0.15) is 42.4 Å². The van der Waals surface area contributed by atoms with E-state index in [4.69, 9.17) is 9.47 Å². The zero-order valence-electron chi connectivity index (χ0n) is 16.9. The summed E-state index contributed by atoms with van der Waals surface area (Å²) in [6.45, 7) is 3.77. The molecule has 0 saturated carbocycles. The highest BCUT2D eigenvalue weighted by molar-refractivity contribution is 5.94. The van der Waals surface area contributed by atoms with Gasteiger partial charge < -0.3 is 14.8 Å². The maximum atomic E-state index is 13.0. The Morgan fingerprint density at radius 2 is 1.47 bits per heavy atom. The van der Waals surface area contributed by atoms with Crippen molar-refractivity contribution >= 4 is 17.6 Å². The first-order valence-corrected chi connectivity index (χ1v) is 9.95. The van der Waals surface area contributed by atoms with Crippen molar-refractivity contribution in [3.8, 4) is 11.5 Å². The average molecular weight is 401 g/mol. The van der Waals surface area contributed by atoms with E-state index in [0.717, 1.165) is 22.4 Å². The molecule has 0 bridgehead atoms. The second-order valence-corrected chi connectivity index (χ2v) is 7.51. The summed E-state index contributed by atoms with van der Waals surface area (Å²) in [5.41, 5.74) is 3.22. The number of carbonyl (C=O) groups is 2. The first-order valence-electron chi connectivity index (χ1n) is 9.95. The highest BCUT2D eigenvalue weighted by Crippen LogP contribution is 2.44. The zero-order chi connectivity index (χ0) is 21.1. The standard InChI is InChI=1S/C25H23NO4/c1-16(2)17-9-3-6-12-20(17)26-23(27)15-29-25(28)24-18-10-4-7-13-21(18)30-22-14-8-5-11-19(22)24/h3-14,16,24H,15H2,1-2H3,(H,26,27). The van der Waals surface area contributed by atoms with Gasteiger partial charge in [0.15, 0.2) is 6.61 Å². The molecule has 5 nitrogen and oxygen atoms in total. The van der Waals surface area contributed by atoms with Crippen molar-refractivity contribution in [2.45, 2.75) is 25.7 Å². The van der Waals surface area contributed by atoms with Gasteiger partial charge in [0.05, 0.1) is 0 Å². The molecule has 0 radical (unpaired) electrons. The second kappa shape index (κ2) is 8.41. The van der Waals surface area contributed by atoms with Crippen molar-refractivity contribution < 1.29 is 19.1 Å². The van der Waals surface area contributed by atoms with Crippen LogP contribution in [0.25, 0.3) is 0 Å². The fourth-order valence-corrected chi connectivity index (χ4v) is 3.68. The van der Waals surface area contributed by atoms with E-state index in [0.29, 0.717) is 11.5 Å². The highest BCUT2D eigenvalue weighted by Gasteiger charge is 2.33. The van der Waals surface area contributed by atoms with Gasteiger partial charge in [-0.05, 0) is 29.7 Å². The Hall–Kier alpha value is -3.60. The molecule has 3 aromatic carbocycles. The molecule has 0 aromatic heterocycles. The Morgan fingerprint density at radius 1 is 0.900 bits per heavy atom. The number of fused-ring (bicyclic) bond motifs is 2. The van der Waals surface area contributed by atoms with Gasteiger partial charge in [-0.1, -0.05) is 68.4 Å². The van der Waals surface area contributed by atoms with Crippen molar-refractivity contribution in [3.05, 3.63) is 89.5 Å². The van der Waals surface area contributed by atoms with Crippen LogP contribution in [0.5, 0.6) is 11.5 Å². The summed E-state index contributed by atoms with van der Waals surface area (Å²) in [5.74, 6) is 0.0127. The summed E-state index contributed by atoms with van der Waals surface area (Å²) in [5, 5.41) is 2.85. The SMILES string of the molecule is CC(C)c1ccccc1NC(=O)COC(=O)C1c2ccccc2Oc2ccccc21. The summed E-state index contributed by atoms with van der Waals surface area (Å²) < 4.78 is 11.3. The van der Waals surface area contributed by atoms with Gasteiger partial charge >= 0.3 is 5.97 Å². The number of para-hydroxylation sites is 3. The molecule has 1 amide bonds. The molecule has 5 heteroatoms. The number of esters is 1. The smallest absolute Gasteiger partial charge is 0.318 e. The Morgan fingerprint density at radius 3 is 2.10 bits per heavy atom. The number of hydrogen-bond donors (Lipinski definition) is 1. The van der Waals surface area contributed by atoms with Crippen LogP contribution in [-0.4, -0.2) is 18.5 Å². The molecule has 0 spiro atoms. The first kappa shape index (κ1) is 19.7. The van der Waals surface area contributed by atoms with Gasteiger partial charge in [0.25, 0.3) is 5.91 Å². The molecule has 0 atom stereocenters. The minimum absolute atomic E-state index is 0.263. The Bertz CT molecular complexity index is 1040. The molecule has 152 valence electrons. The Labute approximate surface area is 175 Å². The van der Waals surface area contributed by atoms with E-state index in [-0.39, 0.29) is 18.4 Å². The predicted octanol–water partition coefficient (Wildman–Crippen LogP) is 5.23. The lowest BCUT2D eigenvalue weighted by molar-refractivity contribution is -0.148. The van der Waals surface area contributed by atoms with Gasteiger partial charge in [-0.15, -0.1) is 0 Å². The minimum atomic E-state index is -0.637. The number of nitrogens with one attached hydrogen (secondary N) is 1. The lowest BCUT2D eigenvalue weighted by Gasteiger charge is -2.26. The van der Waals surface area contributed by atoms with Gasteiger partial charge in [-0.2, -0.15) is 0 Å². The molecule has 4 rings (SSSR count). The molecule has 0 fully saturated rings. The Kier molecular flexibility index (Phi) is 5.53. The molecule has 30 heavy (non-hydrogen) atoms. The van der Waals surface area contributed by atoms with Gasteiger partial charge in [-0.3, -0.25) is 9.59 Å². The molecular weight excluding hydrogens is 378 g/mol. The van der Waals surface area contributed by atoms with E-state index >= 15 is 0 Å². The number of amides is 1. The van der Waals surface area contributed by atoms with Gasteiger partial charge in [0.1, 0.15) is 17.4 Å². The third-order valence-electron chi connectivity index (χ3n) is 5.12. The number of carbonyl (C=O) groups excluding carboxylic acids is 2. The molecule has 1 aliphatic heterocycles. The van der Waals surface area contributed by atoms with Crippen molar-refractivity contribution in [1.82, 2.24) is 0 Å². The largest absolute Gasteiger partial charge is 0.457 e. The van der Waals surface area contributed by atoms with Gasteiger partial charge in [-0.25, -0.2) is 0 Å². The average Bonchev–Trinajstić information content (AvgIpc) is 2.76. The molecule has 1 N–H and O–H groups in total. The number of benzene rings is 3. The number of hydrogen-bond acceptors (Lipinski definition) is 4. The minimum Gasteiger partial charge on any atom is -0.457 e. The van der Waals surface area contributed by atoms with E-state index in [1.54, 1.807) is 0 Å². The van der Waals surface area contributed by atoms with Gasteiger partial charge in [0, 0.05) is 16.8 Å². The van der Waals surface area contributed by atoms with Crippen LogP contribution in [0.15, 0.2) is 72.8 Å². The number of ether oxygens (including phenoxy) is 2. The number of rotatable bonds is 5. The van der Waals surface area contributed by atoms with Crippen LogP contribution in [0.3, 0.4) is 0 Å². The van der Waals surface area contributed by atoms with Crippen molar-refractivity contribution in [1.29, 1.82) is 0 Å². The molecule has 1 heterocycles. The zero-order valence-corrected chi connectivity index (χ0v) is 16.9. The predicted molar refractivity (Wildman–Crippen MR) is 115 cm³/mol. The van der Waals surface area contributed by atoms with Crippen LogP contribution >= 0.6 is 0 Å². The molecule has 0 aliphatic carbocycles. The van der Waals surface area contributed by atoms with E-state index in [2.05, 4.69) is 19.2 Å². The highest BCUT2D eigenvalue weighted by atomic mass is 16.5. The third-order valence-corrected chi connectivity index (χ3v) is 5.12. The van der Waals surface area contributed by atoms with E-state index in [1.165, 1.54) is 0 Å². The van der Waals surface area contributed by atoms with Crippen LogP contribution in [-0.2, 0) is 14.3 Å². The molecule has 0 saturated heterocycles. The first-order chi connectivity index (χ1) is 14.5. The molecule has 1 aliphatic rings. The summed E-state index contributed by atoms with van der Waals surface area (Å²) >= 11 is 0. The molecule has 3 aromatic rings. The lowest BCUT2D eigenvalue weighted by atomic mass is 9.88. The van der Waals surface area contributed by atoms with E-state index < -0.39 is 11.9 Å². The summed E-state index contributed by atoms with van der Waals surface area (Å²) in [6.07, 6.45) is 0. The quantitative estimate of drug-likeness (QED) is 0.595. The van der Waals surface area contributed by atoms with E-state index in [1.807, 2.05) is 72.8 Å². The summed E-state index contributed by atoms with van der Waals surface area (Å²) in [6, 6.07) is 22.4. The van der Waals surface area contributed by atoms with Crippen LogP contribution in [0.2, 0.25) is 0 Å². The summed E-state index contributed by atoms with van der Waals surface area (Å²) in [7, 11) is 0. The van der Waals surface area contributed by atoms with Crippen LogP contribution in [0.4, 0.5) is 5.69 Å². The number of anilines is 1. The van der Waals surface area contributed by atoms with Crippen molar-refractivity contribution in [3.63, 3.8) is 0 Å². The molecule has 0 unspecified atom stereocenters. The molecular formula is C25H23NO4. The second-order valence-electron chi connectivity index (χ2n) is 7.51. The fraction of sp³-hybridized carbons (Fsp3) is 0.200. The lowest BCUT2D eigenvalue weighted by Crippen LogP contribution is -2.26. The maximum Gasteiger partial charge on any atom is 0.318 e. The van der Waals surface area contributed by atoms with Crippen LogP contribution in [0, 0.1) is 0 Å². The fourth-order valence-electron chi connectivity index (χ4n) is 3.68. The normalized spacial score (nSPS) is 12.5.